The molecule has 5 nitrogen and oxygen atoms in total. The highest BCUT2D eigenvalue weighted by Crippen LogP contribution is 2.25. The van der Waals surface area contributed by atoms with Crippen LogP contribution in [0.15, 0.2) is 24.0 Å². The van der Waals surface area contributed by atoms with Crippen LogP contribution in [0.1, 0.15) is 6.42 Å². The van der Waals surface area contributed by atoms with Gasteiger partial charge in [0, 0.05) is 13.5 Å². The average molecular weight is 214 g/mol. The SMILES string of the molecule is COC1=CCC(OC)(OCC(=O)O)C=C1. The first kappa shape index (κ1) is 11.7. The lowest BCUT2D eigenvalue weighted by molar-refractivity contribution is -0.196. The van der Waals surface area contributed by atoms with E-state index >= 15 is 0 Å². The van der Waals surface area contributed by atoms with Gasteiger partial charge in [-0.1, -0.05) is 0 Å². The molecule has 0 saturated carbocycles. The lowest BCUT2D eigenvalue weighted by atomic mass is 10.1. The smallest absolute Gasteiger partial charge is 0.329 e. The van der Waals surface area contributed by atoms with Crippen LogP contribution in [0.25, 0.3) is 0 Å². The maximum absolute atomic E-state index is 10.4. The van der Waals surface area contributed by atoms with Crippen LogP contribution >= 0.6 is 0 Å². The molecule has 5 heteroatoms. The molecule has 1 unspecified atom stereocenters. The number of hydrogen-bond donors (Lipinski definition) is 1. The molecule has 0 aromatic heterocycles. The molecule has 84 valence electrons. The molecule has 1 aliphatic carbocycles. The van der Waals surface area contributed by atoms with Gasteiger partial charge >= 0.3 is 5.97 Å². The summed E-state index contributed by atoms with van der Waals surface area (Å²) in [6.07, 6.45) is 5.55. The number of rotatable bonds is 5. The molecule has 0 heterocycles. The monoisotopic (exact) mass is 214 g/mol. The second kappa shape index (κ2) is 4.95. The fourth-order valence-corrected chi connectivity index (χ4v) is 1.24. The number of hydrogen-bond acceptors (Lipinski definition) is 4. The molecule has 15 heavy (non-hydrogen) atoms. The second-order valence-electron chi connectivity index (χ2n) is 3.05. The van der Waals surface area contributed by atoms with E-state index < -0.39 is 18.4 Å². The Morgan fingerprint density at radius 1 is 1.60 bits per heavy atom. The summed E-state index contributed by atoms with van der Waals surface area (Å²) < 4.78 is 15.3. The van der Waals surface area contributed by atoms with Gasteiger partial charge in [0.15, 0.2) is 5.79 Å². The van der Waals surface area contributed by atoms with Crippen molar-refractivity contribution < 1.29 is 24.1 Å². The van der Waals surface area contributed by atoms with E-state index in [0.29, 0.717) is 12.2 Å². The first-order valence-corrected chi connectivity index (χ1v) is 4.46. The van der Waals surface area contributed by atoms with E-state index in [0.717, 1.165) is 0 Å². The van der Waals surface area contributed by atoms with Gasteiger partial charge in [-0.3, -0.25) is 0 Å². The van der Waals surface area contributed by atoms with Crippen LogP contribution in [0, 0.1) is 0 Å². The van der Waals surface area contributed by atoms with E-state index in [2.05, 4.69) is 0 Å². The predicted molar refractivity (Wildman–Crippen MR) is 52.2 cm³/mol. The van der Waals surface area contributed by atoms with Crippen molar-refractivity contribution in [1.29, 1.82) is 0 Å². The van der Waals surface area contributed by atoms with Crippen molar-refractivity contribution in [3.05, 3.63) is 24.0 Å². The number of ether oxygens (including phenoxy) is 3. The molecule has 1 rings (SSSR count). The standard InChI is InChI=1S/C10H14O5/c1-13-8-3-5-10(14-2,6-4-8)15-7-9(11)12/h3-5H,6-7H2,1-2H3,(H,11,12). The highest BCUT2D eigenvalue weighted by Gasteiger charge is 2.30. The van der Waals surface area contributed by atoms with Crippen molar-refractivity contribution in [2.75, 3.05) is 20.8 Å². The fraction of sp³-hybridized carbons (Fsp3) is 0.500. The summed E-state index contributed by atoms with van der Waals surface area (Å²) in [5.74, 6) is -1.30. The Morgan fingerprint density at radius 2 is 2.33 bits per heavy atom. The van der Waals surface area contributed by atoms with Gasteiger partial charge in [-0.25, -0.2) is 4.79 Å². The second-order valence-corrected chi connectivity index (χ2v) is 3.05. The summed E-state index contributed by atoms with van der Waals surface area (Å²) >= 11 is 0. The molecule has 0 bridgehead atoms. The zero-order valence-corrected chi connectivity index (χ0v) is 8.73. The summed E-state index contributed by atoms with van der Waals surface area (Å²) in [6.45, 7) is -0.395. The molecular weight excluding hydrogens is 200 g/mol. The van der Waals surface area contributed by atoms with Crippen molar-refractivity contribution in [2.24, 2.45) is 0 Å². The van der Waals surface area contributed by atoms with Gasteiger partial charge in [-0.15, -0.1) is 0 Å². The molecule has 0 radical (unpaired) electrons. The lowest BCUT2D eigenvalue weighted by Crippen LogP contribution is -2.35. The van der Waals surface area contributed by atoms with E-state index in [1.807, 2.05) is 0 Å². The van der Waals surface area contributed by atoms with Gasteiger partial charge in [-0.2, -0.15) is 0 Å². The normalized spacial score (nSPS) is 24.8. The number of carboxylic acid groups (broad SMARTS) is 1. The van der Waals surface area contributed by atoms with Crippen LogP contribution in [0.3, 0.4) is 0 Å². The molecule has 0 saturated heterocycles. The lowest BCUT2D eigenvalue weighted by Gasteiger charge is -2.29. The Balaban J connectivity index is 2.61. The van der Waals surface area contributed by atoms with Gasteiger partial charge in [0.25, 0.3) is 0 Å². The molecule has 0 aliphatic heterocycles. The van der Waals surface area contributed by atoms with Crippen molar-refractivity contribution in [3.8, 4) is 0 Å². The first-order chi connectivity index (χ1) is 7.12. The van der Waals surface area contributed by atoms with E-state index in [-0.39, 0.29) is 0 Å². The zero-order valence-electron chi connectivity index (χ0n) is 8.73. The van der Waals surface area contributed by atoms with Crippen molar-refractivity contribution in [1.82, 2.24) is 0 Å². The summed E-state index contributed by atoms with van der Waals surface area (Å²) in [7, 11) is 3.03. The maximum atomic E-state index is 10.4. The minimum absolute atomic E-state index is 0.395. The molecule has 1 atom stereocenters. The van der Waals surface area contributed by atoms with Crippen LogP contribution in [0.4, 0.5) is 0 Å². The predicted octanol–water partition coefficient (Wildman–Crippen LogP) is 0.920. The molecule has 0 spiro atoms. The molecule has 0 fully saturated rings. The Labute approximate surface area is 87.9 Å². The third-order valence-electron chi connectivity index (χ3n) is 2.11. The van der Waals surface area contributed by atoms with Gasteiger partial charge < -0.3 is 19.3 Å². The Kier molecular flexibility index (Phi) is 3.88. The van der Waals surface area contributed by atoms with Gasteiger partial charge in [0.2, 0.25) is 0 Å². The van der Waals surface area contributed by atoms with Crippen LogP contribution in [-0.4, -0.2) is 37.7 Å². The van der Waals surface area contributed by atoms with E-state index in [4.69, 9.17) is 19.3 Å². The number of allylic oxidation sites excluding steroid dienone is 1. The first-order valence-electron chi connectivity index (χ1n) is 4.46. The minimum atomic E-state index is -1.03. The largest absolute Gasteiger partial charge is 0.497 e. The molecule has 0 aromatic carbocycles. The molecule has 0 aromatic rings. The van der Waals surface area contributed by atoms with Crippen molar-refractivity contribution in [2.45, 2.75) is 12.2 Å². The van der Waals surface area contributed by atoms with E-state index in [1.165, 1.54) is 7.11 Å². The summed E-state index contributed by atoms with van der Waals surface area (Å²) in [4.78, 5) is 10.4. The molecule has 1 N–H and O–H groups in total. The highest BCUT2D eigenvalue weighted by molar-refractivity contribution is 5.68. The Hall–Kier alpha value is -1.33. The zero-order chi connectivity index (χ0) is 11.3. The molecule has 0 amide bonds. The fourth-order valence-electron chi connectivity index (χ4n) is 1.24. The van der Waals surface area contributed by atoms with Gasteiger partial charge in [-0.05, 0) is 18.2 Å². The quantitative estimate of drug-likeness (QED) is 0.689. The van der Waals surface area contributed by atoms with Crippen LogP contribution < -0.4 is 0 Å². The Morgan fingerprint density at radius 3 is 2.73 bits per heavy atom. The van der Waals surface area contributed by atoms with Gasteiger partial charge in [0.1, 0.15) is 12.4 Å². The summed E-state index contributed by atoms with van der Waals surface area (Å²) in [6, 6.07) is 0. The van der Waals surface area contributed by atoms with Crippen LogP contribution in [0.5, 0.6) is 0 Å². The number of aliphatic carboxylic acids is 1. The summed E-state index contributed by atoms with van der Waals surface area (Å²) in [5.41, 5.74) is 0. The topological polar surface area (TPSA) is 65.0 Å². The van der Waals surface area contributed by atoms with Crippen LogP contribution in [-0.2, 0) is 19.0 Å². The van der Waals surface area contributed by atoms with Crippen molar-refractivity contribution >= 4 is 5.97 Å². The van der Waals surface area contributed by atoms with E-state index in [9.17, 15) is 4.79 Å². The summed E-state index contributed by atoms with van der Waals surface area (Å²) in [5, 5.41) is 8.51. The van der Waals surface area contributed by atoms with Crippen molar-refractivity contribution in [3.63, 3.8) is 0 Å². The maximum Gasteiger partial charge on any atom is 0.329 e. The molecule has 1 aliphatic rings. The van der Waals surface area contributed by atoms with E-state index in [1.54, 1.807) is 25.3 Å². The molecular formula is C10H14O5. The van der Waals surface area contributed by atoms with Crippen LogP contribution in [0.2, 0.25) is 0 Å². The highest BCUT2D eigenvalue weighted by atomic mass is 16.7. The third kappa shape index (κ3) is 3.07. The average Bonchev–Trinajstić information content (AvgIpc) is 2.27. The number of carbonyl (C=O) groups is 1. The Bertz CT molecular complexity index is 294. The minimum Gasteiger partial charge on any atom is -0.497 e. The number of carboxylic acids is 1. The number of methoxy groups -OCH3 is 2. The van der Waals surface area contributed by atoms with Gasteiger partial charge in [0.05, 0.1) is 7.11 Å². The third-order valence-corrected chi connectivity index (χ3v) is 2.11.